The van der Waals surface area contributed by atoms with Crippen molar-refractivity contribution in [1.82, 2.24) is 5.48 Å². The minimum Gasteiger partial charge on any atom is -0.316 e. The van der Waals surface area contributed by atoms with Gasteiger partial charge in [-0.25, -0.2) is 0 Å². The average molecular weight is 274 g/mol. The summed E-state index contributed by atoms with van der Waals surface area (Å²) in [5.74, 6) is 0. The molecule has 2 nitrogen and oxygen atoms in total. The van der Waals surface area contributed by atoms with Crippen LogP contribution >= 0.6 is 11.6 Å². The van der Waals surface area contributed by atoms with Gasteiger partial charge in [0.05, 0.1) is 0 Å². The van der Waals surface area contributed by atoms with E-state index in [9.17, 15) is 0 Å². The van der Waals surface area contributed by atoms with E-state index in [0.29, 0.717) is 0 Å². The lowest BCUT2D eigenvalue weighted by atomic mass is 10.0. The molecule has 2 aromatic carbocycles. The summed E-state index contributed by atoms with van der Waals surface area (Å²) in [5.41, 5.74) is 5.55. The highest BCUT2D eigenvalue weighted by Crippen LogP contribution is 2.22. The van der Waals surface area contributed by atoms with Gasteiger partial charge in [-0.15, -0.1) is 0 Å². The maximum Gasteiger partial charge on any atom is 0.0474 e. The van der Waals surface area contributed by atoms with Crippen molar-refractivity contribution in [1.29, 1.82) is 0 Å². The molecule has 0 radical (unpaired) electrons. The third kappa shape index (κ3) is 3.93. The van der Waals surface area contributed by atoms with Crippen LogP contribution in [0.5, 0.6) is 0 Å². The maximum absolute atomic E-state index is 8.76. The number of halogens is 1. The van der Waals surface area contributed by atoms with Crippen molar-refractivity contribution in [2.45, 2.75) is 13.0 Å². The van der Waals surface area contributed by atoms with Crippen LogP contribution in [-0.4, -0.2) is 11.2 Å². The molecule has 2 rings (SSSR count). The molecule has 0 amide bonds. The topological polar surface area (TPSA) is 32.3 Å². The molecule has 0 aromatic heterocycles. The summed E-state index contributed by atoms with van der Waals surface area (Å²) in [6.45, 7) is 1.87. The molecule has 0 aliphatic rings. The summed E-state index contributed by atoms with van der Waals surface area (Å²) in [5, 5.41) is 9.50. The van der Waals surface area contributed by atoms with Crippen LogP contribution in [-0.2, 0) is 0 Å². The number of hydrogen-bond donors (Lipinski definition) is 2. The average Bonchev–Trinajstić information content (AvgIpc) is 2.46. The fourth-order valence-electron chi connectivity index (χ4n) is 1.76. The number of nitrogens with one attached hydrogen (secondary N) is 1. The number of hydrogen-bond acceptors (Lipinski definition) is 2. The summed E-state index contributed by atoms with van der Waals surface area (Å²) in [6.07, 6.45) is 3.88. The molecular formula is C16H16ClNO. The van der Waals surface area contributed by atoms with Crippen LogP contribution in [0.2, 0.25) is 5.02 Å². The van der Waals surface area contributed by atoms with E-state index in [1.807, 2.05) is 55.5 Å². The van der Waals surface area contributed by atoms with Crippen LogP contribution in [0, 0.1) is 0 Å². The molecule has 0 spiro atoms. The van der Waals surface area contributed by atoms with Crippen LogP contribution in [0.4, 0.5) is 0 Å². The SMILES string of the molecule is C[C@H](/C=C/c1cccc(-c2ccc(Cl)cc2)c1)NO. The Kier molecular flexibility index (Phi) is 4.74. The zero-order valence-electron chi connectivity index (χ0n) is 10.7. The van der Waals surface area contributed by atoms with Crippen LogP contribution in [0.25, 0.3) is 17.2 Å². The van der Waals surface area contributed by atoms with Gasteiger partial charge < -0.3 is 5.21 Å². The molecule has 98 valence electrons. The molecule has 19 heavy (non-hydrogen) atoms. The first-order valence-electron chi connectivity index (χ1n) is 6.13. The van der Waals surface area contributed by atoms with Crippen molar-refractivity contribution >= 4 is 17.7 Å². The van der Waals surface area contributed by atoms with Gasteiger partial charge in [0.2, 0.25) is 0 Å². The fraction of sp³-hybridized carbons (Fsp3) is 0.125. The van der Waals surface area contributed by atoms with Gasteiger partial charge in [0.25, 0.3) is 0 Å². The molecule has 1 atom stereocenters. The third-order valence-corrected chi connectivity index (χ3v) is 3.10. The van der Waals surface area contributed by atoms with E-state index in [-0.39, 0.29) is 6.04 Å². The zero-order valence-corrected chi connectivity index (χ0v) is 11.4. The van der Waals surface area contributed by atoms with Gasteiger partial charge in [0, 0.05) is 11.1 Å². The Morgan fingerprint density at radius 3 is 2.53 bits per heavy atom. The van der Waals surface area contributed by atoms with E-state index in [4.69, 9.17) is 16.8 Å². The van der Waals surface area contributed by atoms with Crippen LogP contribution < -0.4 is 5.48 Å². The summed E-state index contributed by atoms with van der Waals surface area (Å²) in [4.78, 5) is 0. The van der Waals surface area contributed by atoms with Crippen molar-refractivity contribution in [3.05, 3.63) is 65.2 Å². The Morgan fingerprint density at radius 1 is 1.11 bits per heavy atom. The molecule has 3 heteroatoms. The Labute approximate surface area is 118 Å². The smallest absolute Gasteiger partial charge is 0.0474 e. The molecular weight excluding hydrogens is 258 g/mol. The predicted octanol–water partition coefficient (Wildman–Crippen LogP) is 4.39. The van der Waals surface area contributed by atoms with Gasteiger partial charge in [-0.3, -0.25) is 0 Å². The first kappa shape index (κ1) is 13.8. The lowest BCUT2D eigenvalue weighted by Gasteiger charge is -2.04. The van der Waals surface area contributed by atoms with Crippen molar-refractivity contribution in [3.8, 4) is 11.1 Å². The molecule has 2 N–H and O–H groups in total. The minimum absolute atomic E-state index is 0.0702. The van der Waals surface area contributed by atoms with Crippen LogP contribution in [0.1, 0.15) is 12.5 Å². The molecule has 2 aromatic rings. The summed E-state index contributed by atoms with van der Waals surface area (Å²) >= 11 is 5.89. The Balaban J connectivity index is 2.24. The minimum atomic E-state index is -0.0702. The Bertz CT molecular complexity index is 563. The normalized spacial score (nSPS) is 12.8. The first-order chi connectivity index (χ1) is 9.19. The van der Waals surface area contributed by atoms with E-state index in [2.05, 4.69) is 17.6 Å². The maximum atomic E-state index is 8.76. The van der Waals surface area contributed by atoms with Gasteiger partial charge in [0.1, 0.15) is 0 Å². The van der Waals surface area contributed by atoms with Crippen molar-refractivity contribution in [2.75, 3.05) is 0 Å². The lowest BCUT2D eigenvalue weighted by molar-refractivity contribution is 0.150. The molecule has 0 saturated carbocycles. The van der Waals surface area contributed by atoms with Crippen LogP contribution in [0.3, 0.4) is 0 Å². The van der Waals surface area contributed by atoms with E-state index < -0.39 is 0 Å². The van der Waals surface area contributed by atoms with E-state index in [1.165, 1.54) is 0 Å². The second-order valence-electron chi connectivity index (χ2n) is 4.41. The molecule has 0 aliphatic carbocycles. The lowest BCUT2D eigenvalue weighted by Crippen LogP contribution is -2.18. The highest BCUT2D eigenvalue weighted by Gasteiger charge is 1.98. The first-order valence-corrected chi connectivity index (χ1v) is 6.50. The molecule has 0 aliphatic heterocycles. The van der Waals surface area contributed by atoms with Gasteiger partial charge in [-0.05, 0) is 41.8 Å². The van der Waals surface area contributed by atoms with Crippen molar-refractivity contribution < 1.29 is 5.21 Å². The second-order valence-corrected chi connectivity index (χ2v) is 4.85. The Hall–Kier alpha value is -1.61. The molecule has 0 saturated heterocycles. The van der Waals surface area contributed by atoms with Gasteiger partial charge in [-0.2, -0.15) is 5.48 Å². The largest absolute Gasteiger partial charge is 0.316 e. The van der Waals surface area contributed by atoms with Crippen molar-refractivity contribution in [3.63, 3.8) is 0 Å². The van der Waals surface area contributed by atoms with Crippen molar-refractivity contribution in [2.24, 2.45) is 0 Å². The summed E-state index contributed by atoms with van der Waals surface area (Å²) in [6, 6.07) is 15.9. The van der Waals surface area contributed by atoms with E-state index in [0.717, 1.165) is 21.7 Å². The molecule has 0 heterocycles. The fourth-order valence-corrected chi connectivity index (χ4v) is 1.89. The predicted molar refractivity (Wildman–Crippen MR) is 80.3 cm³/mol. The standard InChI is InChI=1S/C16H16ClNO/c1-12(18-19)5-6-13-3-2-4-15(11-13)14-7-9-16(17)10-8-14/h2-12,18-19H,1H3/b6-5+/t12-/m1/s1. The molecule has 0 unspecified atom stereocenters. The van der Waals surface area contributed by atoms with Gasteiger partial charge in [-0.1, -0.05) is 54.1 Å². The van der Waals surface area contributed by atoms with E-state index in [1.54, 1.807) is 0 Å². The number of rotatable bonds is 4. The van der Waals surface area contributed by atoms with Crippen LogP contribution in [0.15, 0.2) is 54.6 Å². The third-order valence-electron chi connectivity index (χ3n) is 2.85. The second kappa shape index (κ2) is 6.53. The Morgan fingerprint density at radius 2 is 1.84 bits per heavy atom. The highest BCUT2D eigenvalue weighted by atomic mass is 35.5. The molecule has 0 bridgehead atoms. The highest BCUT2D eigenvalue weighted by molar-refractivity contribution is 6.30. The van der Waals surface area contributed by atoms with E-state index >= 15 is 0 Å². The zero-order chi connectivity index (χ0) is 13.7. The summed E-state index contributed by atoms with van der Waals surface area (Å²) in [7, 11) is 0. The van der Waals surface area contributed by atoms with Gasteiger partial charge in [0.15, 0.2) is 0 Å². The number of benzene rings is 2. The quantitative estimate of drug-likeness (QED) is 0.810. The summed E-state index contributed by atoms with van der Waals surface area (Å²) < 4.78 is 0. The van der Waals surface area contributed by atoms with Gasteiger partial charge >= 0.3 is 0 Å². The molecule has 0 fully saturated rings. The number of hydroxylamine groups is 1. The monoisotopic (exact) mass is 273 g/mol.